The molecule has 3 nitrogen and oxygen atoms in total. The maximum atomic E-state index is 13.2. The van der Waals surface area contributed by atoms with Gasteiger partial charge in [0, 0.05) is 0 Å². The third kappa shape index (κ3) is 6.63. The molecule has 0 aliphatic carbocycles. The van der Waals surface area contributed by atoms with Gasteiger partial charge in [0.1, 0.15) is 5.75 Å². The van der Waals surface area contributed by atoms with Crippen molar-refractivity contribution in [2.24, 2.45) is 0 Å². The lowest BCUT2D eigenvalue weighted by atomic mass is 9.99. The third-order valence-electron chi connectivity index (χ3n) is 5.06. The van der Waals surface area contributed by atoms with Crippen LogP contribution < -0.4 is 14.8 Å². The van der Waals surface area contributed by atoms with E-state index < -0.39 is 18.9 Å². The molecule has 0 spiro atoms. The fourth-order valence-corrected chi connectivity index (χ4v) is 9.04. The zero-order chi connectivity index (χ0) is 23.6. The molecule has 0 amide bonds. The lowest BCUT2D eigenvalue weighted by molar-refractivity contribution is 0.414. The van der Waals surface area contributed by atoms with Gasteiger partial charge in [-0.2, -0.15) is 0 Å². The molecule has 2 atom stereocenters. The molecule has 0 saturated carbocycles. The van der Waals surface area contributed by atoms with Crippen LogP contribution in [0.3, 0.4) is 0 Å². The molecule has 0 saturated heterocycles. The van der Waals surface area contributed by atoms with Crippen molar-refractivity contribution in [1.82, 2.24) is 4.72 Å². The van der Waals surface area contributed by atoms with Gasteiger partial charge in [-0.1, -0.05) is 85.9 Å². The number of rotatable bonds is 6. The lowest BCUT2D eigenvalue weighted by Crippen LogP contribution is -2.39. The highest BCUT2D eigenvalue weighted by atomic mass is 32.2. The van der Waals surface area contributed by atoms with E-state index in [9.17, 15) is 4.21 Å². The second-order valence-electron chi connectivity index (χ2n) is 10.9. The van der Waals surface area contributed by atoms with E-state index in [0.29, 0.717) is 0 Å². The third-order valence-corrected chi connectivity index (χ3v) is 10.2. The van der Waals surface area contributed by atoms with Crippen LogP contribution in [0.4, 0.5) is 0 Å². The van der Waals surface area contributed by atoms with E-state index in [4.69, 9.17) is 4.74 Å². The largest absolute Gasteiger partial charge is 0.497 e. The summed E-state index contributed by atoms with van der Waals surface area (Å²) in [6.45, 7) is 20.0. The van der Waals surface area contributed by atoms with E-state index in [1.54, 1.807) is 7.11 Å². The van der Waals surface area contributed by atoms with Crippen molar-refractivity contribution in [3.63, 3.8) is 0 Å². The van der Waals surface area contributed by atoms with Gasteiger partial charge in [0.25, 0.3) is 0 Å². The van der Waals surface area contributed by atoms with E-state index in [2.05, 4.69) is 82.7 Å². The minimum Gasteiger partial charge on any atom is -0.497 e. The van der Waals surface area contributed by atoms with Crippen molar-refractivity contribution < 1.29 is 8.95 Å². The predicted molar refractivity (Wildman–Crippen MR) is 138 cm³/mol. The molecule has 31 heavy (non-hydrogen) atoms. The molecule has 5 heteroatoms. The van der Waals surface area contributed by atoms with Gasteiger partial charge in [0.05, 0.1) is 28.9 Å². The number of benzene rings is 2. The Labute approximate surface area is 193 Å². The quantitative estimate of drug-likeness (QED) is 0.496. The van der Waals surface area contributed by atoms with Crippen LogP contribution in [-0.4, -0.2) is 26.4 Å². The van der Waals surface area contributed by atoms with Crippen molar-refractivity contribution in [1.29, 1.82) is 0 Å². The van der Waals surface area contributed by atoms with Crippen LogP contribution in [0.2, 0.25) is 0 Å². The summed E-state index contributed by atoms with van der Waals surface area (Å²) in [6, 6.07) is 16.6. The zero-order valence-electron chi connectivity index (χ0n) is 20.9. The average Bonchev–Trinajstić information content (AvgIpc) is 2.63. The summed E-state index contributed by atoms with van der Waals surface area (Å²) in [6.07, 6.45) is 0. The van der Waals surface area contributed by atoms with E-state index in [1.807, 2.05) is 32.9 Å². The second-order valence-corrected chi connectivity index (χ2v) is 16.8. The normalized spacial score (nSPS) is 15.1. The average molecular weight is 462 g/mol. The van der Waals surface area contributed by atoms with Crippen molar-refractivity contribution >= 4 is 24.2 Å². The minimum absolute atomic E-state index is 0.136. The van der Waals surface area contributed by atoms with Gasteiger partial charge in [-0.25, -0.2) is 8.93 Å². The maximum Gasteiger partial charge on any atom is 0.118 e. The molecular weight excluding hydrogens is 421 g/mol. The molecule has 0 aliphatic heterocycles. The zero-order valence-corrected chi connectivity index (χ0v) is 22.6. The first-order valence-electron chi connectivity index (χ1n) is 10.9. The monoisotopic (exact) mass is 461 g/mol. The first-order chi connectivity index (χ1) is 14.2. The molecule has 1 N–H and O–H groups in total. The molecule has 0 aromatic heterocycles. The van der Waals surface area contributed by atoms with Crippen LogP contribution in [0.25, 0.3) is 0 Å². The summed E-state index contributed by atoms with van der Waals surface area (Å²) in [7, 11) is -0.0457. The Kier molecular flexibility index (Phi) is 8.17. The molecular formula is C26H40NO2PS. The Hall–Kier alpha value is -1.22. The Morgan fingerprint density at radius 3 is 1.81 bits per heavy atom. The summed E-state index contributed by atoms with van der Waals surface area (Å²) in [5.74, 6) is 0.819. The van der Waals surface area contributed by atoms with Crippen LogP contribution in [0.5, 0.6) is 5.75 Å². The molecule has 0 fully saturated rings. The standard InChI is InChI=1S/C26H40NO2PS/c1-24(2,3)30(25(4,5)6)22-14-12-11-13-21(22)23(27-31(28)26(7,8)9)19-15-17-20(29-10)18-16-19/h11-18,23,27H,1-10H3/t23-,31?/m1/s1. The minimum atomic E-state index is -1.21. The highest BCUT2D eigenvalue weighted by molar-refractivity contribution is 7.84. The Morgan fingerprint density at radius 2 is 1.35 bits per heavy atom. The first-order valence-corrected chi connectivity index (χ1v) is 13.4. The second kappa shape index (κ2) is 9.73. The van der Waals surface area contributed by atoms with Gasteiger partial charge < -0.3 is 4.74 Å². The van der Waals surface area contributed by atoms with Crippen LogP contribution in [0.15, 0.2) is 48.5 Å². The Balaban J connectivity index is 2.70. The SMILES string of the molecule is COc1ccc([C@@H](NS(=O)C(C)(C)C)c2ccccc2P(C(C)(C)C)C(C)(C)C)cc1. The summed E-state index contributed by atoms with van der Waals surface area (Å²) in [5, 5.41) is 1.64. The first kappa shape index (κ1) is 26.0. The van der Waals surface area contributed by atoms with Gasteiger partial charge in [-0.3, -0.25) is 0 Å². The molecule has 0 bridgehead atoms. The molecule has 0 aliphatic rings. The fraction of sp³-hybridized carbons (Fsp3) is 0.538. The highest BCUT2D eigenvalue weighted by Crippen LogP contribution is 2.59. The van der Waals surface area contributed by atoms with Crippen LogP contribution in [0, 0.1) is 0 Å². The van der Waals surface area contributed by atoms with Gasteiger partial charge in [-0.05, 0) is 59.6 Å². The van der Waals surface area contributed by atoms with Crippen molar-refractivity contribution in [2.45, 2.75) is 83.4 Å². The van der Waals surface area contributed by atoms with Crippen molar-refractivity contribution in [3.8, 4) is 5.75 Å². The predicted octanol–water partition coefficient (Wildman–Crippen LogP) is 6.54. The highest BCUT2D eigenvalue weighted by Gasteiger charge is 2.38. The van der Waals surface area contributed by atoms with Gasteiger partial charge in [-0.15, -0.1) is 0 Å². The van der Waals surface area contributed by atoms with E-state index >= 15 is 0 Å². The maximum absolute atomic E-state index is 13.2. The summed E-state index contributed by atoms with van der Waals surface area (Å²) < 4.78 is 21.7. The Bertz CT molecular complexity index is 875. The summed E-state index contributed by atoms with van der Waals surface area (Å²) in [5.41, 5.74) is 2.30. The van der Waals surface area contributed by atoms with E-state index in [-0.39, 0.29) is 21.1 Å². The van der Waals surface area contributed by atoms with Crippen molar-refractivity contribution in [2.75, 3.05) is 7.11 Å². The summed E-state index contributed by atoms with van der Waals surface area (Å²) >= 11 is 0. The molecule has 0 radical (unpaired) electrons. The Morgan fingerprint density at radius 1 is 0.839 bits per heavy atom. The van der Waals surface area contributed by atoms with Gasteiger partial charge >= 0.3 is 0 Å². The van der Waals surface area contributed by atoms with Crippen molar-refractivity contribution in [3.05, 3.63) is 59.7 Å². The number of hydrogen-bond acceptors (Lipinski definition) is 2. The van der Waals surface area contributed by atoms with Crippen LogP contribution in [-0.2, 0) is 11.0 Å². The number of nitrogens with one attached hydrogen (secondary N) is 1. The molecule has 0 heterocycles. The summed E-state index contributed by atoms with van der Waals surface area (Å²) in [4.78, 5) is 0. The number of hydrogen-bond donors (Lipinski definition) is 1. The molecule has 172 valence electrons. The van der Waals surface area contributed by atoms with Crippen LogP contribution in [0.1, 0.15) is 79.5 Å². The topological polar surface area (TPSA) is 38.3 Å². The number of ether oxygens (including phenoxy) is 1. The van der Waals surface area contributed by atoms with Gasteiger partial charge in [0.15, 0.2) is 0 Å². The molecule has 2 aromatic rings. The number of methoxy groups -OCH3 is 1. The lowest BCUT2D eigenvalue weighted by Gasteiger charge is -2.43. The fourth-order valence-electron chi connectivity index (χ4n) is 4.06. The van der Waals surface area contributed by atoms with Crippen LogP contribution >= 0.6 is 7.92 Å². The smallest absolute Gasteiger partial charge is 0.118 e. The molecule has 1 unspecified atom stereocenters. The molecule has 2 aromatic carbocycles. The van der Waals surface area contributed by atoms with Gasteiger partial charge in [0.2, 0.25) is 0 Å². The van der Waals surface area contributed by atoms with E-state index in [1.165, 1.54) is 10.9 Å². The van der Waals surface area contributed by atoms with E-state index in [0.717, 1.165) is 11.3 Å². The molecule has 2 rings (SSSR count).